The molecule has 0 bridgehead atoms. The van der Waals surface area contributed by atoms with Gasteiger partial charge in [0.25, 0.3) is 5.91 Å². The van der Waals surface area contributed by atoms with Crippen LogP contribution in [0.1, 0.15) is 28.8 Å². The molecule has 0 unspecified atom stereocenters. The zero-order valence-electron chi connectivity index (χ0n) is 14.2. The molecule has 7 nitrogen and oxygen atoms in total. The first kappa shape index (κ1) is 19.2. The third-order valence-electron chi connectivity index (χ3n) is 3.48. The Morgan fingerprint density at radius 3 is 2.62 bits per heavy atom. The Kier molecular flexibility index (Phi) is 6.13. The Hall–Kier alpha value is -3.13. The van der Waals surface area contributed by atoms with Gasteiger partial charge in [0.15, 0.2) is 0 Å². The number of carbonyl (C=O) groups excluding carboxylic acids is 3. The lowest BCUT2D eigenvalue weighted by atomic mass is 10.1. The molecule has 26 heavy (non-hydrogen) atoms. The number of anilines is 1. The van der Waals surface area contributed by atoms with Crippen LogP contribution in [0.2, 0.25) is 0 Å². The van der Waals surface area contributed by atoms with Crippen molar-refractivity contribution in [1.82, 2.24) is 0 Å². The van der Waals surface area contributed by atoms with Gasteiger partial charge in [0.1, 0.15) is 10.8 Å². The minimum absolute atomic E-state index is 0.161. The molecule has 1 aromatic heterocycles. The summed E-state index contributed by atoms with van der Waals surface area (Å²) in [4.78, 5) is 35.2. The topological polar surface area (TPSA) is 125 Å². The number of nitrogens with two attached hydrogens (primary N) is 2. The number of nitrogens with one attached hydrogen (secondary N) is 1. The molecule has 0 aliphatic heterocycles. The Morgan fingerprint density at radius 2 is 2.00 bits per heavy atom. The molecular weight excluding hydrogens is 354 g/mol. The van der Waals surface area contributed by atoms with E-state index in [1.165, 1.54) is 0 Å². The molecule has 1 aromatic carbocycles. The van der Waals surface area contributed by atoms with E-state index in [9.17, 15) is 14.4 Å². The molecule has 3 amide bonds. The fraction of sp³-hybridized carbons (Fsp3) is 0.167. The minimum Gasteiger partial charge on any atom is -0.426 e. The third-order valence-corrected chi connectivity index (χ3v) is 4.58. The molecule has 5 N–H and O–H groups in total. The summed E-state index contributed by atoms with van der Waals surface area (Å²) in [7, 11) is 0. The summed E-state index contributed by atoms with van der Waals surface area (Å²) < 4.78 is 5.39. The van der Waals surface area contributed by atoms with Gasteiger partial charge in [-0.05, 0) is 36.6 Å². The molecule has 2 aromatic rings. The summed E-state index contributed by atoms with van der Waals surface area (Å²) in [6.45, 7) is 5.40. The van der Waals surface area contributed by atoms with Crippen LogP contribution in [0.25, 0.3) is 10.4 Å². The molecule has 0 spiro atoms. The fourth-order valence-corrected chi connectivity index (χ4v) is 3.24. The fourth-order valence-electron chi connectivity index (χ4n) is 2.18. The van der Waals surface area contributed by atoms with E-state index in [0.29, 0.717) is 22.6 Å². The molecule has 8 heteroatoms. The highest BCUT2D eigenvalue weighted by Gasteiger charge is 2.17. The number of hydrogen-bond donors (Lipinski definition) is 3. The van der Waals surface area contributed by atoms with E-state index >= 15 is 0 Å². The van der Waals surface area contributed by atoms with Gasteiger partial charge in [-0.25, -0.2) is 4.79 Å². The summed E-state index contributed by atoms with van der Waals surface area (Å²) in [5.74, 6) is -0.611. The quantitative estimate of drug-likeness (QED) is 0.391. The summed E-state index contributed by atoms with van der Waals surface area (Å²) in [5.41, 5.74) is 12.1. The van der Waals surface area contributed by atoms with Gasteiger partial charge in [-0.15, -0.1) is 17.9 Å². The van der Waals surface area contributed by atoms with Crippen molar-refractivity contribution >= 4 is 34.2 Å². The zero-order chi connectivity index (χ0) is 19.3. The highest BCUT2D eigenvalue weighted by atomic mass is 32.1. The number of hydrogen-bond acceptors (Lipinski definition) is 5. The minimum atomic E-state index is -0.790. The second-order valence-electron chi connectivity index (χ2n) is 5.49. The van der Waals surface area contributed by atoms with Gasteiger partial charge in [-0.2, -0.15) is 0 Å². The second-order valence-corrected chi connectivity index (χ2v) is 6.54. The number of esters is 1. The van der Waals surface area contributed by atoms with Crippen molar-refractivity contribution in [2.45, 2.75) is 19.8 Å². The molecule has 0 saturated heterocycles. The van der Waals surface area contributed by atoms with Crippen LogP contribution in [0.5, 0.6) is 5.75 Å². The number of aryl methyl sites for hydroxylation is 1. The first-order valence-corrected chi connectivity index (χ1v) is 8.56. The van der Waals surface area contributed by atoms with Crippen LogP contribution in [0.15, 0.2) is 36.9 Å². The Morgan fingerprint density at radius 1 is 1.27 bits per heavy atom. The van der Waals surface area contributed by atoms with E-state index in [4.69, 9.17) is 16.2 Å². The van der Waals surface area contributed by atoms with Crippen LogP contribution in [0.3, 0.4) is 0 Å². The first-order chi connectivity index (χ1) is 12.3. The van der Waals surface area contributed by atoms with E-state index in [2.05, 4.69) is 11.9 Å². The summed E-state index contributed by atoms with van der Waals surface area (Å²) in [6, 6.07) is 6.09. The van der Waals surface area contributed by atoms with Crippen molar-refractivity contribution in [3.05, 3.63) is 48.0 Å². The first-order valence-electron chi connectivity index (χ1n) is 7.74. The lowest BCUT2D eigenvalue weighted by molar-refractivity contribution is -0.134. The molecule has 136 valence electrons. The van der Waals surface area contributed by atoms with Crippen molar-refractivity contribution in [2.75, 3.05) is 5.32 Å². The maximum absolute atomic E-state index is 11.9. The molecule has 0 atom stereocenters. The normalized spacial score (nSPS) is 10.2. The van der Waals surface area contributed by atoms with E-state index < -0.39 is 11.9 Å². The number of urea groups is 1. The monoisotopic (exact) mass is 373 g/mol. The van der Waals surface area contributed by atoms with Gasteiger partial charge in [-0.1, -0.05) is 18.2 Å². The number of primary amides is 2. The van der Waals surface area contributed by atoms with E-state index in [1.54, 1.807) is 24.3 Å². The number of carbonyl (C=O) groups is 3. The molecule has 0 aliphatic rings. The third kappa shape index (κ3) is 4.70. The number of ether oxygens (including phenoxy) is 1. The number of benzene rings is 1. The molecule has 1 heterocycles. The van der Waals surface area contributed by atoms with Gasteiger partial charge in [0.05, 0.1) is 5.56 Å². The van der Waals surface area contributed by atoms with Crippen LogP contribution in [0, 0.1) is 6.92 Å². The molecule has 0 saturated carbocycles. The van der Waals surface area contributed by atoms with Crippen LogP contribution in [0.4, 0.5) is 9.80 Å². The lowest BCUT2D eigenvalue weighted by Gasteiger charge is -2.08. The predicted molar refractivity (Wildman–Crippen MR) is 101 cm³/mol. The summed E-state index contributed by atoms with van der Waals surface area (Å²) in [6.07, 6.45) is 2.42. The van der Waals surface area contributed by atoms with E-state index in [0.717, 1.165) is 16.9 Å². The van der Waals surface area contributed by atoms with Crippen LogP contribution < -0.4 is 21.5 Å². The average Bonchev–Trinajstić information content (AvgIpc) is 2.98. The maximum Gasteiger partial charge on any atom is 0.317 e. The summed E-state index contributed by atoms with van der Waals surface area (Å²) in [5, 5.41) is 2.66. The van der Waals surface area contributed by atoms with Gasteiger partial charge >= 0.3 is 12.0 Å². The average molecular weight is 373 g/mol. The highest BCUT2D eigenvalue weighted by molar-refractivity contribution is 7.20. The lowest BCUT2D eigenvalue weighted by Crippen LogP contribution is -2.21. The van der Waals surface area contributed by atoms with Crippen molar-refractivity contribution < 1.29 is 19.1 Å². The number of rotatable bonds is 7. The van der Waals surface area contributed by atoms with Crippen molar-refractivity contribution in [1.29, 1.82) is 0 Å². The number of allylic oxidation sites excluding steroid dienone is 1. The number of amides is 3. The highest BCUT2D eigenvalue weighted by Crippen LogP contribution is 2.37. The van der Waals surface area contributed by atoms with E-state index in [-0.39, 0.29) is 23.0 Å². The smallest absolute Gasteiger partial charge is 0.317 e. The molecule has 0 fully saturated rings. The predicted octanol–water partition coefficient (Wildman–Crippen LogP) is 3.18. The number of thiophene rings is 1. The van der Waals surface area contributed by atoms with Gasteiger partial charge in [0, 0.05) is 11.3 Å². The van der Waals surface area contributed by atoms with Crippen LogP contribution >= 0.6 is 11.3 Å². The largest absolute Gasteiger partial charge is 0.426 e. The standard InChI is InChI=1S/C18H19N3O4S/c1-3-4-5-15(22)25-13-8-11(7-6-10(13)2)14-9-12(16(19)23)17(26-14)21-18(20)24/h3,6-9H,1,4-5H2,2H3,(H2,19,23)(H3,20,21,24). The van der Waals surface area contributed by atoms with Crippen molar-refractivity contribution in [3.8, 4) is 16.2 Å². The van der Waals surface area contributed by atoms with Gasteiger partial charge in [0.2, 0.25) is 0 Å². The van der Waals surface area contributed by atoms with Crippen molar-refractivity contribution in [2.24, 2.45) is 11.5 Å². The Bertz CT molecular complexity index is 873. The molecule has 2 rings (SSSR count). The second kappa shape index (κ2) is 8.30. The SMILES string of the molecule is C=CCCC(=O)Oc1cc(-c2cc(C(N)=O)c(NC(N)=O)s2)ccc1C. The summed E-state index contributed by atoms with van der Waals surface area (Å²) >= 11 is 1.15. The van der Waals surface area contributed by atoms with Crippen LogP contribution in [-0.4, -0.2) is 17.9 Å². The Balaban J connectivity index is 2.35. The van der Waals surface area contributed by atoms with E-state index in [1.807, 2.05) is 13.0 Å². The van der Waals surface area contributed by atoms with Crippen LogP contribution in [-0.2, 0) is 4.79 Å². The zero-order valence-corrected chi connectivity index (χ0v) is 15.0. The maximum atomic E-state index is 11.9. The van der Waals surface area contributed by atoms with Crippen molar-refractivity contribution in [3.63, 3.8) is 0 Å². The van der Waals surface area contributed by atoms with Gasteiger partial charge in [-0.3, -0.25) is 14.9 Å². The molecule has 0 aliphatic carbocycles. The van der Waals surface area contributed by atoms with Gasteiger partial charge < -0.3 is 16.2 Å². The Labute approximate surface area is 154 Å². The molecular formula is C18H19N3O4S. The molecule has 0 radical (unpaired) electrons.